The van der Waals surface area contributed by atoms with E-state index in [0.29, 0.717) is 0 Å². The number of hydrogen-bond donors (Lipinski definition) is 2. The molecule has 0 heterocycles. The van der Waals surface area contributed by atoms with Crippen LogP contribution < -0.4 is 15.8 Å². The van der Waals surface area contributed by atoms with Gasteiger partial charge in [0.25, 0.3) is 0 Å². The van der Waals surface area contributed by atoms with Gasteiger partial charge < -0.3 is 15.8 Å². The van der Waals surface area contributed by atoms with Crippen molar-refractivity contribution in [3.63, 3.8) is 0 Å². The Morgan fingerprint density at radius 2 is 1.94 bits per heavy atom. The first-order chi connectivity index (χ1) is 8.02. The predicted octanol–water partition coefficient (Wildman–Crippen LogP) is 0.228. The van der Waals surface area contributed by atoms with Gasteiger partial charge in [0.05, 0.1) is 13.5 Å². The van der Waals surface area contributed by atoms with E-state index in [1.54, 1.807) is 38.3 Å². The number of nitrogens with two attached hydrogens (primary N) is 1. The predicted molar refractivity (Wildman–Crippen MR) is 63.5 cm³/mol. The Bertz CT molecular complexity index is 401. The molecular formula is C12H16N2O3. The summed E-state index contributed by atoms with van der Waals surface area (Å²) < 4.78 is 5.01. The lowest BCUT2D eigenvalue weighted by Crippen LogP contribution is -2.42. The number of nitrogens with one attached hydrogen (secondary N) is 1. The van der Waals surface area contributed by atoms with Crippen LogP contribution in [0, 0.1) is 0 Å². The highest BCUT2D eigenvalue weighted by molar-refractivity contribution is 5.87. The van der Waals surface area contributed by atoms with Crippen LogP contribution in [-0.4, -0.2) is 25.0 Å². The van der Waals surface area contributed by atoms with Crippen molar-refractivity contribution in [2.45, 2.75) is 19.4 Å². The molecule has 0 spiro atoms. The molecule has 0 saturated heterocycles. The zero-order valence-corrected chi connectivity index (χ0v) is 9.90. The molecule has 1 aromatic rings. The quantitative estimate of drug-likeness (QED) is 0.767. The van der Waals surface area contributed by atoms with Crippen LogP contribution in [0.2, 0.25) is 0 Å². The average molecular weight is 236 g/mol. The molecule has 0 aliphatic carbocycles. The second-order valence-electron chi connectivity index (χ2n) is 3.72. The molecule has 2 amide bonds. The molecule has 1 rings (SSSR count). The Balaban J connectivity index is 2.53. The maximum absolute atomic E-state index is 11.5. The molecule has 0 saturated carbocycles. The standard InChI is InChI=1S/C12H16N2O3/c1-8(12(13)16)14-11(15)7-9-3-5-10(17-2)6-4-9/h3-6,8H,7H2,1-2H3,(H2,13,16)(H,14,15)/t8-/m0/s1. The van der Waals surface area contributed by atoms with Gasteiger partial charge in [-0.2, -0.15) is 0 Å². The van der Waals surface area contributed by atoms with E-state index in [1.165, 1.54) is 0 Å². The van der Waals surface area contributed by atoms with Gasteiger partial charge in [0, 0.05) is 0 Å². The third-order valence-corrected chi connectivity index (χ3v) is 2.33. The van der Waals surface area contributed by atoms with Gasteiger partial charge in [0.1, 0.15) is 11.8 Å². The second-order valence-corrected chi connectivity index (χ2v) is 3.72. The number of carbonyl (C=O) groups excluding carboxylic acids is 2. The maximum Gasteiger partial charge on any atom is 0.239 e. The SMILES string of the molecule is COc1ccc(CC(=O)N[C@@H](C)C(N)=O)cc1. The second kappa shape index (κ2) is 5.89. The monoisotopic (exact) mass is 236 g/mol. The largest absolute Gasteiger partial charge is 0.497 e. The van der Waals surface area contributed by atoms with E-state index in [9.17, 15) is 9.59 Å². The van der Waals surface area contributed by atoms with Crippen LogP contribution in [0.1, 0.15) is 12.5 Å². The number of primary amides is 1. The van der Waals surface area contributed by atoms with Crippen molar-refractivity contribution < 1.29 is 14.3 Å². The minimum atomic E-state index is -0.652. The molecule has 0 bridgehead atoms. The van der Waals surface area contributed by atoms with Crippen molar-refractivity contribution in [3.8, 4) is 5.75 Å². The van der Waals surface area contributed by atoms with E-state index in [0.717, 1.165) is 11.3 Å². The summed E-state index contributed by atoms with van der Waals surface area (Å²) in [6.07, 6.45) is 0.210. The molecule has 0 fully saturated rings. The van der Waals surface area contributed by atoms with Crippen LogP contribution >= 0.6 is 0 Å². The Labute approximate surface area is 99.9 Å². The lowest BCUT2D eigenvalue weighted by Gasteiger charge is -2.10. The number of hydrogen-bond acceptors (Lipinski definition) is 3. The fourth-order valence-corrected chi connectivity index (χ4v) is 1.29. The van der Waals surface area contributed by atoms with Gasteiger partial charge in [0.15, 0.2) is 0 Å². The van der Waals surface area contributed by atoms with Crippen molar-refractivity contribution in [1.29, 1.82) is 0 Å². The molecule has 3 N–H and O–H groups in total. The number of methoxy groups -OCH3 is 1. The van der Waals surface area contributed by atoms with Gasteiger partial charge in [-0.1, -0.05) is 12.1 Å². The van der Waals surface area contributed by atoms with E-state index in [4.69, 9.17) is 10.5 Å². The number of ether oxygens (including phenoxy) is 1. The maximum atomic E-state index is 11.5. The number of carbonyl (C=O) groups is 2. The van der Waals surface area contributed by atoms with Crippen LogP contribution in [0.4, 0.5) is 0 Å². The van der Waals surface area contributed by atoms with Gasteiger partial charge in [-0.15, -0.1) is 0 Å². The van der Waals surface area contributed by atoms with Crippen molar-refractivity contribution >= 4 is 11.8 Å². The molecule has 1 atom stereocenters. The highest BCUT2D eigenvalue weighted by Crippen LogP contribution is 2.11. The molecule has 5 nitrogen and oxygen atoms in total. The highest BCUT2D eigenvalue weighted by atomic mass is 16.5. The minimum Gasteiger partial charge on any atom is -0.497 e. The van der Waals surface area contributed by atoms with E-state index >= 15 is 0 Å². The summed E-state index contributed by atoms with van der Waals surface area (Å²) in [5.41, 5.74) is 5.89. The van der Waals surface area contributed by atoms with E-state index in [1.807, 2.05) is 0 Å². The first-order valence-electron chi connectivity index (χ1n) is 5.24. The third kappa shape index (κ3) is 4.14. The first-order valence-corrected chi connectivity index (χ1v) is 5.24. The Morgan fingerprint density at radius 1 is 1.35 bits per heavy atom. The van der Waals surface area contributed by atoms with Crippen LogP contribution in [-0.2, 0) is 16.0 Å². The summed E-state index contributed by atoms with van der Waals surface area (Å²) in [7, 11) is 1.58. The van der Waals surface area contributed by atoms with Gasteiger partial charge in [0.2, 0.25) is 11.8 Å². The topological polar surface area (TPSA) is 81.4 Å². The van der Waals surface area contributed by atoms with Gasteiger partial charge in [-0.3, -0.25) is 9.59 Å². The van der Waals surface area contributed by atoms with E-state index < -0.39 is 11.9 Å². The molecule has 0 unspecified atom stereocenters. The highest BCUT2D eigenvalue weighted by Gasteiger charge is 2.12. The summed E-state index contributed by atoms with van der Waals surface area (Å²) in [5.74, 6) is -0.0470. The molecule has 0 radical (unpaired) electrons. The normalized spacial score (nSPS) is 11.6. The molecule has 92 valence electrons. The Hall–Kier alpha value is -2.04. The van der Waals surface area contributed by atoms with Crippen LogP contribution in [0.5, 0.6) is 5.75 Å². The van der Waals surface area contributed by atoms with Crippen LogP contribution in [0.3, 0.4) is 0 Å². The summed E-state index contributed by atoms with van der Waals surface area (Å²) >= 11 is 0. The van der Waals surface area contributed by atoms with Crippen molar-refractivity contribution in [2.75, 3.05) is 7.11 Å². The number of benzene rings is 1. The Morgan fingerprint density at radius 3 is 2.41 bits per heavy atom. The fraction of sp³-hybridized carbons (Fsp3) is 0.333. The molecule has 5 heteroatoms. The molecule has 1 aromatic carbocycles. The fourth-order valence-electron chi connectivity index (χ4n) is 1.29. The Kier molecular flexibility index (Phi) is 4.51. The molecule has 17 heavy (non-hydrogen) atoms. The smallest absolute Gasteiger partial charge is 0.239 e. The summed E-state index contributed by atoms with van der Waals surface area (Å²) in [4.78, 5) is 22.3. The number of amides is 2. The molecule has 0 aliphatic rings. The summed E-state index contributed by atoms with van der Waals surface area (Å²) in [6, 6.07) is 6.50. The molecule has 0 aromatic heterocycles. The molecule has 0 aliphatic heterocycles. The third-order valence-electron chi connectivity index (χ3n) is 2.33. The summed E-state index contributed by atoms with van der Waals surface area (Å²) in [5, 5.41) is 2.51. The molecular weight excluding hydrogens is 220 g/mol. The minimum absolute atomic E-state index is 0.210. The zero-order chi connectivity index (χ0) is 12.8. The summed E-state index contributed by atoms with van der Waals surface area (Å²) in [6.45, 7) is 1.55. The van der Waals surface area contributed by atoms with Crippen LogP contribution in [0.15, 0.2) is 24.3 Å². The lowest BCUT2D eigenvalue weighted by molar-refractivity contribution is -0.126. The average Bonchev–Trinajstić information content (AvgIpc) is 2.29. The van der Waals surface area contributed by atoms with Gasteiger partial charge in [-0.05, 0) is 24.6 Å². The van der Waals surface area contributed by atoms with Crippen molar-refractivity contribution in [2.24, 2.45) is 5.73 Å². The van der Waals surface area contributed by atoms with Crippen LogP contribution in [0.25, 0.3) is 0 Å². The first kappa shape index (κ1) is 13.0. The van der Waals surface area contributed by atoms with Crippen molar-refractivity contribution in [1.82, 2.24) is 5.32 Å². The van der Waals surface area contributed by atoms with Gasteiger partial charge in [-0.25, -0.2) is 0 Å². The van der Waals surface area contributed by atoms with E-state index in [2.05, 4.69) is 5.32 Å². The van der Waals surface area contributed by atoms with Crippen molar-refractivity contribution in [3.05, 3.63) is 29.8 Å². The van der Waals surface area contributed by atoms with Gasteiger partial charge >= 0.3 is 0 Å². The lowest BCUT2D eigenvalue weighted by atomic mass is 10.1. The van der Waals surface area contributed by atoms with E-state index in [-0.39, 0.29) is 12.3 Å². The zero-order valence-electron chi connectivity index (χ0n) is 9.90. The number of rotatable bonds is 5.